The van der Waals surface area contributed by atoms with Crippen molar-refractivity contribution in [2.45, 2.75) is 90.4 Å². The molecular weight excluding hydrogens is 952 g/mol. The molecule has 0 fully saturated rings. The highest BCUT2D eigenvalue weighted by Crippen LogP contribution is 2.36. The summed E-state index contributed by atoms with van der Waals surface area (Å²) in [7, 11) is 0. The van der Waals surface area contributed by atoms with Gasteiger partial charge in [0, 0.05) is 23.9 Å². The molecule has 3 unspecified atom stereocenters. The Morgan fingerprint density at radius 1 is 0.781 bits per heavy atom. The van der Waals surface area contributed by atoms with Crippen molar-refractivity contribution in [3.63, 3.8) is 0 Å². The quantitative estimate of drug-likeness (QED) is 0.0546. The van der Waals surface area contributed by atoms with Gasteiger partial charge in [-0.25, -0.2) is 18.0 Å². The van der Waals surface area contributed by atoms with Crippen LogP contribution in [0.25, 0.3) is 22.1 Å². The van der Waals surface area contributed by atoms with Crippen molar-refractivity contribution in [2.75, 3.05) is 37.4 Å². The normalized spacial score (nSPS) is 15.8. The van der Waals surface area contributed by atoms with Gasteiger partial charge >= 0.3 is 6.09 Å². The molecule has 0 radical (unpaired) electrons. The molecule has 1 amide bonds. The number of imidazole rings is 2. The highest BCUT2D eigenvalue weighted by atomic mass is 32.1. The average Bonchev–Trinajstić information content (AvgIpc) is 3.84. The number of H-pyrrole nitrogens is 1. The Labute approximate surface area is 429 Å². The van der Waals surface area contributed by atoms with Crippen LogP contribution in [0.3, 0.4) is 0 Å². The van der Waals surface area contributed by atoms with Crippen LogP contribution >= 0.6 is 12.2 Å². The van der Waals surface area contributed by atoms with Gasteiger partial charge in [0.25, 0.3) is 6.01 Å². The van der Waals surface area contributed by atoms with Gasteiger partial charge in [0.05, 0.1) is 53.2 Å². The number of hydrogen-bond acceptors (Lipinski definition) is 9. The molecular formula is C57H64F3N7O5S. The van der Waals surface area contributed by atoms with Crippen LogP contribution in [0.5, 0.6) is 6.01 Å². The lowest BCUT2D eigenvalue weighted by atomic mass is 9.83. The first kappa shape index (κ1) is 53.7. The fourth-order valence-electron chi connectivity index (χ4n) is 8.72. The molecule has 0 bridgehead atoms. The summed E-state index contributed by atoms with van der Waals surface area (Å²) in [5, 5.41) is 25.9. The number of nitrogens with two attached hydrogens (primary N) is 1. The molecule has 7 N–H and O–H groups in total. The molecule has 6 aromatic carbocycles. The number of hydrogen-bond donors (Lipinski definition) is 6. The van der Waals surface area contributed by atoms with Crippen molar-refractivity contribution in [2.24, 2.45) is 0 Å². The Morgan fingerprint density at radius 3 is 1.96 bits per heavy atom. The minimum Gasteiger partial charge on any atom is -0.462 e. The van der Waals surface area contributed by atoms with E-state index in [-0.39, 0.29) is 37.3 Å². The number of aromatic nitrogens is 4. The number of halogens is 3. The van der Waals surface area contributed by atoms with Crippen LogP contribution in [0.1, 0.15) is 68.0 Å². The Morgan fingerprint density at radius 2 is 1.36 bits per heavy atom. The molecule has 0 spiro atoms. The summed E-state index contributed by atoms with van der Waals surface area (Å²) in [6.07, 6.45) is -0.589. The lowest BCUT2D eigenvalue weighted by molar-refractivity contribution is 0.0327. The summed E-state index contributed by atoms with van der Waals surface area (Å²) in [6.45, 7) is 16.4. The predicted octanol–water partition coefficient (Wildman–Crippen LogP) is 11.5. The number of aliphatic hydroxyl groups is 2. The number of nitrogen functional groups attached to an aromatic ring is 1. The molecule has 0 saturated carbocycles. The smallest absolute Gasteiger partial charge is 0.408 e. The van der Waals surface area contributed by atoms with Gasteiger partial charge in [-0.3, -0.25) is 4.57 Å². The zero-order valence-electron chi connectivity index (χ0n) is 42.4. The second kappa shape index (κ2) is 21.9. The third-order valence-electron chi connectivity index (χ3n) is 12.9. The van der Waals surface area contributed by atoms with E-state index in [1.165, 1.54) is 36.4 Å². The number of nitrogens with one attached hydrogen (secondary N) is 3. The Kier molecular flexibility index (Phi) is 16.1. The number of amides is 1. The van der Waals surface area contributed by atoms with E-state index < -0.39 is 28.1 Å². The molecule has 73 heavy (non-hydrogen) atoms. The van der Waals surface area contributed by atoms with E-state index in [2.05, 4.69) is 20.6 Å². The van der Waals surface area contributed by atoms with Gasteiger partial charge in [0.15, 0.2) is 4.77 Å². The highest BCUT2D eigenvalue weighted by Gasteiger charge is 2.42. The van der Waals surface area contributed by atoms with E-state index in [1.54, 1.807) is 45.0 Å². The van der Waals surface area contributed by atoms with E-state index >= 15 is 0 Å². The topological polar surface area (TPSA) is 165 Å². The first-order chi connectivity index (χ1) is 34.5. The molecule has 0 saturated heterocycles. The second-order valence-corrected chi connectivity index (χ2v) is 20.8. The Bertz CT molecular complexity index is 3310. The minimum atomic E-state index is -1.00. The summed E-state index contributed by atoms with van der Waals surface area (Å²) in [5.74, 6) is -0.993. The lowest BCUT2D eigenvalue weighted by Crippen LogP contribution is -2.55. The highest BCUT2D eigenvalue weighted by molar-refractivity contribution is 7.71. The molecule has 3 heterocycles. The molecule has 12 nitrogen and oxygen atoms in total. The zero-order chi connectivity index (χ0) is 52.9. The van der Waals surface area contributed by atoms with E-state index in [9.17, 15) is 28.2 Å². The van der Waals surface area contributed by atoms with E-state index in [1.807, 2.05) is 110 Å². The second-order valence-electron chi connectivity index (χ2n) is 20.4. The van der Waals surface area contributed by atoms with E-state index in [4.69, 9.17) is 27.4 Å². The van der Waals surface area contributed by atoms with Crippen LogP contribution in [0.15, 0.2) is 127 Å². The monoisotopic (exact) mass is 1020 g/mol. The minimum absolute atomic E-state index is 0.0881. The number of aliphatic hydroxyl groups excluding tert-OH is 2. The number of anilines is 2. The van der Waals surface area contributed by atoms with Crippen LogP contribution in [0.2, 0.25) is 0 Å². The largest absolute Gasteiger partial charge is 0.462 e. The predicted molar refractivity (Wildman–Crippen MR) is 285 cm³/mol. The molecule has 3 atom stereocenters. The summed E-state index contributed by atoms with van der Waals surface area (Å²) in [5.41, 5.74) is 13.7. The van der Waals surface area contributed by atoms with Gasteiger partial charge in [0.1, 0.15) is 35.2 Å². The number of aromatic amines is 1. The van der Waals surface area contributed by atoms with Gasteiger partial charge in [0.2, 0.25) is 0 Å². The standard InChI is InChI=1S/C22H24FN3O3.C18H19FN2OS.C17H21FN2O/c1-14-8-9-18-17(10-14)24-19-26(18)12-22(13-28-19,15-6-5-7-16(23)11-15)25-20(27)29-21(2,3)4;1-12-6-7-16-15(8-12)20-17(23)21(16)10-18(2,11-22)13-4-3-5-14(19)9-13;1-12-6-7-16(15(19)8-12)20-10-17(2,11-21)13-4-3-5-14(18)9-13/h5-11H,12-13H2,1-4H3,(H,25,27);3-9,22H,10-11H2,1-2H3,(H,20,23);3-9,20-21H,10-11,19H2,1-2H3. The van der Waals surface area contributed by atoms with Crippen LogP contribution < -0.4 is 21.1 Å². The third-order valence-corrected chi connectivity index (χ3v) is 13.2. The number of carbonyl (C=O) groups excluding carboxylic acids is 1. The molecule has 9 rings (SSSR count). The molecule has 0 aliphatic carbocycles. The molecule has 1 aliphatic heterocycles. The maximum atomic E-state index is 14.0. The van der Waals surface area contributed by atoms with Crippen LogP contribution in [0.4, 0.5) is 29.3 Å². The summed E-state index contributed by atoms with van der Waals surface area (Å²) in [6, 6.07) is 37.2. The maximum Gasteiger partial charge on any atom is 0.408 e. The van der Waals surface area contributed by atoms with Crippen LogP contribution in [-0.2, 0) is 34.2 Å². The Hall–Kier alpha value is -7.14. The third kappa shape index (κ3) is 12.7. The average molecular weight is 1020 g/mol. The number of fused-ring (bicyclic) bond motifs is 4. The SMILES string of the molecule is Cc1ccc(NCC(C)(CO)c2cccc(F)c2)c(N)c1.Cc1ccc2c(c1)[nH]c(=S)n2CC(C)(CO)c1cccc(F)c1.Cc1ccc2c(c1)nc1n2CC(NC(=O)OC(C)(C)C)(c2cccc(F)c2)CO1. The number of nitrogens with zero attached hydrogens (tertiary/aromatic N) is 3. The number of ether oxygens (including phenoxy) is 2. The van der Waals surface area contributed by atoms with Crippen LogP contribution in [-0.4, -0.2) is 67.4 Å². The summed E-state index contributed by atoms with van der Waals surface area (Å²) in [4.78, 5) is 20.4. The fraction of sp³-hybridized carbons (Fsp3) is 0.316. The van der Waals surface area contributed by atoms with Crippen molar-refractivity contribution in [1.29, 1.82) is 0 Å². The van der Waals surface area contributed by atoms with Gasteiger partial charge in [-0.2, -0.15) is 4.98 Å². The van der Waals surface area contributed by atoms with Crippen molar-refractivity contribution in [3.05, 3.63) is 183 Å². The molecule has 8 aromatic rings. The van der Waals surface area contributed by atoms with E-state index in [0.717, 1.165) is 55.6 Å². The first-order valence-corrected chi connectivity index (χ1v) is 24.3. The van der Waals surface area contributed by atoms with Crippen molar-refractivity contribution < 1.29 is 37.7 Å². The number of benzene rings is 6. The number of aryl methyl sites for hydroxylation is 3. The lowest BCUT2D eigenvalue weighted by Gasteiger charge is -2.39. The van der Waals surface area contributed by atoms with Crippen molar-refractivity contribution in [1.82, 2.24) is 24.4 Å². The van der Waals surface area contributed by atoms with Gasteiger partial charge in [-0.1, -0.05) is 68.4 Å². The zero-order valence-corrected chi connectivity index (χ0v) is 43.3. The van der Waals surface area contributed by atoms with E-state index in [0.29, 0.717) is 41.7 Å². The van der Waals surface area contributed by atoms with Gasteiger partial charge < -0.3 is 45.6 Å². The van der Waals surface area contributed by atoms with Gasteiger partial charge in [-0.05, 0) is 160 Å². The fourth-order valence-corrected chi connectivity index (χ4v) is 8.99. The number of rotatable bonds is 11. The molecule has 2 aromatic heterocycles. The van der Waals surface area contributed by atoms with Crippen LogP contribution in [0, 0.1) is 43.0 Å². The maximum absolute atomic E-state index is 14.0. The van der Waals surface area contributed by atoms with Crippen molar-refractivity contribution >= 4 is 51.8 Å². The molecule has 384 valence electrons. The van der Waals surface area contributed by atoms with Gasteiger partial charge in [-0.15, -0.1) is 0 Å². The summed E-state index contributed by atoms with van der Waals surface area (Å²) >= 11 is 5.44. The number of carbonyl (C=O) groups is 1. The molecule has 16 heteroatoms. The number of alkyl carbamates (subject to hydrolysis) is 1. The molecule has 1 aliphatic rings. The first-order valence-electron chi connectivity index (χ1n) is 23.9. The summed E-state index contributed by atoms with van der Waals surface area (Å²) < 4.78 is 56.9. The Balaban J connectivity index is 0.000000163. The van der Waals surface area contributed by atoms with Crippen molar-refractivity contribution in [3.8, 4) is 6.01 Å².